The van der Waals surface area contributed by atoms with Gasteiger partial charge in [0.2, 0.25) is 0 Å². The summed E-state index contributed by atoms with van der Waals surface area (Å²) in [5, 5.41) is 7.99. The summed E-state index contributed by atoms with van der Waals surface area (Å²) in [5.41, 5.74) is 7.22. The summed E-state index contributed by atoms with van der Waals surface area (Å²) < 4.78 is 0. The number of nitrogens with zero attached hydrogens (tertiary/aromatic N) is 1. The van der Waals surface area contributed by atoms with Gasteiger partial charge in [-0.3, -0.25) is 5.41 Å². The first-order chi connectivity index (χ1) is 7.61. The van der Waals surface area contributed by atoms with Crippen LogP contribution >= 0.6 is 0 Å². The highest BCUT2D eigenvalue weighted by Gasteiger charge is 2.37. The molecule has 1 saturated heterocycles. The number of hydrogen-bond donors (Lipinski definition) is 2. The summed E-state index contributed by atoms with van der Waals surface area (Å²) in [7, 11) is 0. The molecule has 0 spiro atoms. The van der Waals surface area contributed by atoms with Gasteiger partial charge in [0.05, 0.1) is 18.0 Å². The van der Waals surface area contributed by atoms with Crippen LogP contribution in [0.2, 0.25) is 0 Å². The number of likely N-dealkylation sites (tertiary alicyclic amines) is 1. The Kier molecular flexibility index (Phi) is 2.97. The Morgan fingerprint density at radius 3 is 2.56 bits per heavy atom. The van der Waals surface area contributed by atoms with E-state index in [1.54, 1.807) is 0 Å². The van der Waals surface area contributed by atoms with Crippen molar-refractivity contribution in [1.82, 2.24) is 4.90 Å². The smallest absolute Gasteiger partial charge is 0.0978 e. The molecular weight excluding hydrogens is 198 g/mol. The van der Waals surface area contributed by atoms with Gasteiger partial charge >= 0.3 is 0 Å². The van der Waals surface area contributed by atoms with E-state index in [9.17, 15) is 0 Å². The van der Waals surface area contributed by atoms with Crippen molar-refractivity contribution in [3.05, 3.63) is 35.9 Å². The van der Waals surface area contributed by atoms with Crippen molar-refractivity contribution in [3.63, 3.8) is 0 Å². The Morgan fingerprint density at radius 2 is 2.00 bits per heavy atom. The molecule has 3 N–H and O–H groups in total. The lowest BCUT2D eigenvalue weighted by molar-refractivity contribution is 0.240. The van der Waals surface area contributed by atoms with E-state index in [4.69, 9.17) is 11.1 Å². The maximum atomic E-state index is 7.99. The molecule has 0 bridgehead atoms. The normalized spacial score (nSPS) is 27.2. The summed E-state index contributed by atoms with van der Waals surface area (Å²) in [6.07, 6.45) is 0.726. The lowest BCUT2D eigenvalue weighted by Gasteiger charge is -2.32. The highest BCUT2D eigenvalue weighted by Crippen LogP contribution is 2.38. The van der Waals surface area contributed by atoms with Crippen molar-refractivity contribution in [2.45, 2.75) is 32.5 Å². The fourth-order valence-electron chi connectivity index (χ4n) is 2.60. The highest BCUT2D eigenvalue weighted by molar-refractivity contribution is 5.82. The first-order valence-corrected chi connectivity index (χ1v) is 5.77. The van der Waals surface area contributed by atoms with Gasteiger partial charge in [-0.05, 0) is 18.4 Å². The third-order valence-electron chi connectivity index (χ3n) is 3.25. The second kappa shape index (κ2) is 4.26. The van der Waals surface area contributed by atoms with Crippen molar-refractivity contribution < 1.29 is 0 Å². The molecule has 3 nitrogen and oxygen atoms in total. The first-order valence-electron chi connectivity index (χ1n) is 5.77. The molecule has 86 valence electrons. The van der Waals surface area contributed by atoms with Gasteiger partial charge in [-0.1, -0.05) is 37.3 Å². The number of amidine groups is 1. The Labute approximate surface area is 96.8 Å². The number of hydrogen-bond acceptors (Lipinski definition) is 2. The molecular formula is C13H19N3. The third-order valence-corrected chi connectivity index (χ3v) is 3.25. The van der Waals surface area contributed by atoms with E-state index in [2.05, 4.69) is 19.1 Å². The molecule has 0 aliphatic carbocycles. The second-order valence-electron chi connectivity index (χ2n) is 4.63. The minimum absolute atomic E-state index is 0.0948. The number of rotatable bonds is 2. The molecule has 1 aliphatic rings. The molecule has 3 heteroatoms. The van der Waals surface area contributed by atoms with Crippen molar-refractivity contribution in [2.24, 2.45) is 11.7 Å². The fourth-order valence-corrected chi connectivity index (χ4v) is 2.60. The van der Waals surface area contributed by atoms with Gasteiger partial charge in [0, 0.05) is 6.42 Å². The molecule has 1 aromatic carbocycles. The average Bonchev–Trinajstić information content (AvgIpc) is 2.55. The van der Waals surface area contributed by atoms with E-state index < -0.39 is 0 Å². The molecule has 16 heavy (non-hydrogen) atoms. The predicted octanol–water partition coefficient (Wildman–Crippen LogP) is 2.35. The summed E-state index contributed by atoms with van der Waals surface area (Å²) in [6, 6.07) is 10.6. The Bertz CT molecular complexity index is 372. The van der Waals surface area contributed by atoms with Gasteiger partial charge < -0.3 is 10.6 Å². The van der Waals surface area contributed by atoms with E-state index >= 15 is 0 Å². The van der Waals surface area contributed by atoms with Crippen LogP contribution in [0.15, 0.2) is 30.3 Å². The second-order valence-corrected chi connectivity index (χ2v) is 4.63. The van der Waals surface area contributed by atoms with Gasteiger partial charge in [0.25, 0.3) is 0 Å². The van der Waals surface area contributed by atoms with Crippen LogP contribution in [0.3, 0.4) is 0 Å². The molecule has 0 amide bonds. The van der Waals surface area contributed by atoms with Crippen LogP contribution in [-0.2, 0) is 0 Å². The summed E-state index contributed by atoms with van der Waals surface area (Å²) >= 11 is 0. The zero-order valence-electron chi connectivity index (χ0n) is 9.85. The predicted molar refractivity (Wildman–Crippen MR) is 66.2 cm³/mol. The lowest BCUT2D eigenvalue weighted by Crippen LogP contribution is -2.42. The largest absolute Gasteiger partial charge is 0.338 e. The van der Waals surface area contributed by atoms with Crippen LogP contribution in [0.5, 0.6) is 0 Å². The van der Waals surface area contributed by atoms with E-state index in [0.717, 1.165) is 6.42 Å². The SMILES string of the molecule is CC1CC(=N)N(C(C)N)C1c1ccccc1. The van der Waals surface area contributed by atoms with Crippen LogP contribution in [-0.4, -0.2) is 16.9 Å². The summed E-state index contributed by atoms with van der Waals surface area (Å²) in [4.78, 5) is 2.03. The minimum atomic E-state index is -0.0948. The molecule has 0 saturated carbocycles. The number of nitrogens with two attached hydrogens (primary N) is 1. The van der Waals surface area contributed by atoms with E-state index in [-0.39, 0.29) is 12.2 Å². The summed E-state index contributed by atoms with van der Waals surface area (Å²) in [5.74, 6) is 1.12. The lowest BCUT2D eigenvalue weighted by atomic mass is 9.95. The molecule has 0 radical (unpaired) electrons. The average molecular weight is 217 g/mol. The van der Waals surface area contributed by atoms with Gasteiger partial charge in [-0.25, -0.2) is 0 Å². The standard InChI is InChI=1S/C13H19N3/c1-9-8-12(15)16(10(2)14)13(9)11-6-4-3-5-7-11/h3-7,9-10,13,15H,8,14H2,1-2H3. The molecule has 1 fully saturated rings. The van der Waals surface area contributed by atoms with Crippen LogP contribution in [0.1, 0.15) is 31.9 Å². The van der Waals surface area contributed by atoms with Gasteiger partial charge in [-0.2, -0.15) is 0 Å². The third kappa shape index (κ3) is 1.83. The molecule has 1 aromatic rings. The van der Waals surface area contributed by atoms with Crippen LogP contribution < -0.4 is 5.73 Å². The van der Waals surface area contributed by atoms with Crippen molar-refractivity contribution in [3.8, 4) is 0 Å². The number of benzene rings is 1. The molecule has 1 aliphatic heterocycles. The van der Waals surface area contributed by atoms with E-state index in [0.29, 0.717) is 11.8 Å². The number of nitrogens with one attached hydrogen (secondary N) is 1. The highest BCUT2D eigenvalue weighted by atomic mass is 15.3. The zero-order valence-corrected chi connectivity index (χ0v) is 9.85. The van der Waals surface area contributed by atoms with E-state index in [1.807, 2.05) is 30.0 Å². The van der Waals surface area contributed by atoms with Crippen molar-refractivity contribution in [1.29, 1.82) is 5.41 Å². The molecule has 3 unspecified atom stereocenters. The van der Waals surface area contributed by atoms with Crippen LogP contribution in [0.25, 0.3) is 0 Å². The first kappa shape index (κ1) is 11.1. The van der Waals surface area contributed by atoms with Crippen molar-refractivity contribution >= 4 is 5.84 Å². The maximum Gasteiger partial charge on any atom is 0.0978 e. The minimum Gasteiger partial charge on any atom is -0.338 e. The topological polar surface area (TPSA) is 53.1 Å². The van der Waals surface area contributed by atoms with E-state index in [1.165, 1.54) is 5.56 Å². The van der Waals surface area contributed by atoms with Crippen LogP contribution in [0, 0.1) is 11.3 Å². The summed E-state index contributed by atoms with van der Waals surface area (Å²) in [6.45, 7) is 4.14. The Balaban J connectivity index is 2.34. The molecule has 3 atom stereocenters. The Morgan fingerprint density at radius 1 is 1.38 bits per heavy atom. The monoisotopic (exact) mass is 217 g/mol. The van der Waals surface area contributed by atoms with Crippen molar-refractivity contribution in [2.75, 3.05) is 0 Å². The van der Waals surface area contributed by atoms with Gasteiger partial charge in [0.15, 0.2) is 0 Å². The molecule has 2 rings (SSSR count). The quantitative estimate of drug-likeness (QED) is 0.799. The fraction of sp³-hybridized carbons (Fsp3) is 0.462. The molecule has 0 aromatic heterocycles. The van der Waals surface area contributed by atoms with Gasteiger partial charge in [-0.15, -0.1) is 0 Å². The Hall–Kier alpha value is -1.35. The molecule has 1 heterocycles. The van der Waals surface area contributed by atoms with Crippen LogP contribution in [0.4, 0.5) is 0 Å². The van der Waals surface area contributed by atoms with Gasteiger partial charge in [0.1, 0.15) is 0 Å². The maximum absolute atomic E-state index is 7.99. The zero-order chi connectivity index (χ0) is 11.7.